The van der Waals surface area contributed by atoms with Gasteiger partial charge in [0.25, 0.3) is 5.56 Å². The lowest BCUT2D eigenvalue weighted by Crippen LogP contribution is -2.40. The van der Waals surface area contributed by atoms with Crippen molar-refractivity contribution in [3.05, 3.63) is 133 Å². The Morgan fingerprint density at radius 2 is 1.74 bits per heavy atom. The molecule has 46 heavy (non-hydrogen) atoms. The molecule has 1 aromatic heterocycles. The number of esters is 1. The van der Waals surface area contributed by atoms with Crippen molar-refractivity contribution in [2.45, 2.75) is 22.8 Å². The maximum absolute atomic E-state index is 14.3. The average Bonchev–Trinajstić information content (AvgIpc) is 3.68. The zero-order valence-corrected chi connectivity index (χ0v) is 26.6. The van der Waals surface area contributed by atoms with E-state index in [1.54, 1.807) is 29.3 Å². The number of rotatable bonds is 5. The third-order valence-electron chi connectivity index (χ3n) is 8.18. The lowest BCUT2D eigenvalue weighted by molar-refractivity contribution is -0.138. The highest BCUT2D eigenvalue weighted by atomic mass is 32.2. The standard InChI is InChI=1S/C36H27N3O5S2/c1-3-42-35(41)31-32(22-9-5-4-6-10-22)37-36-39(33(31)23-14-16-26-27(19-23)44-20-43-26)34(40)30(46-36)18-21-13-15-25-29(17-21)45-28-12-8-7-11-24(28)38(25)2/h4-19,33H,3,20H2,1-2H3/b30-18+/t33-/m1/s1. The Labute approximate surface area is 272 Å². The molecule has 4 heterocycles. The Morgan fingerprint density at radius 1 is 0.957 bits per heavy atom. The summed E-state index contributed by atoms with van der Waals surface area (Å²) in [7, 11) is 2.07. The van der Waals surface area contributed by atoms with Crippen molar-refractivity contribution in [1.29, 1.82) is 0 Å². The molecule has 10 heteroatoms. The van der Waals surface area contributed by atoms with Gasteiger partial charge in [-0.2, -0.15) is 0 Å². The molecule has 5 aromatic rings. The monoisotopic (exact) mass is 645 g/mol. The van der Waals surface area contributed by atoms with E-state index < -0.39 is 12.0 Å². The van der Waals surface area contributed by atoms with Crippen LogP contribution >= 0.6 is 23.1 Å². The van der Waals surface area contributed by atoms with E-state index in [2.05, 4.69) is 36.2 Å². The van der Waals surface area contributed by atoms with E-state index >= 15 is 0 Å². The van der Waals surface area contributed by atoms with E-state index in [9.17, 15) is 9.59 Å². The van der Waals surface area contributed by atoms with Crippen LogP contribution in [0.4, 0.5) is 11.4 Å². The maximum Gasteiger partial charge on any atom is 0.338 e. The SMILES string of the molecule is CCOC(=O)C1=C(c2ccccc2)N=c2s/c(=C/c3ccc4c(c3)Sc3ccccc3N4C)c(=O)n2[C@@H]1c1ccc2c(c1)OCO2. The van der Waals surface area contributed by atoms with Gasteiger partial charge in [-0.3, -0.25) is 9.36 Å². The largest absolute Gasteiger partial charge is 0.463 e. The van der Waals surface area contributed by atoms with Crippen molar-refractivity contribution >= 4 is 52.2 Å². The summed E-state index contributed by atoms with van der Waals surface area (Å²) in [6, 6.07) is 28.7. The van der Waals surface area contributed by atoms with Gasteiger partial charge in [-0.15, -0.1) is 0 Å². The summed E-state index contributed by atoms with van der Waals surface area (Å²) in [6.07, 6.45) is 1.90. The molecule has 0 amide bonds. The number of ether oxygens (including phenoxy) is 3. The molecular formula is C36H27N3O5S2. The molecule has 228 valence electrons. The smallest absolute Gasteiger partial charge is 0.338 e. The quantitative estimate of drug-likeness (QED) is 0.220. The van der Waals surface area contributed by atoms with Gasteiger partial charge in [0, 0.05) is 22.4 Å². The number of benzene rings is 4. The fraction of sp³-hybridized carbons (Fsp3) is 0.139. The first-order valence-electron chi connectivity index (χ1n) is 14.8. The van der Waals surface area contributed by atoms with Gasteiger partial charge in [0.15, 0.2) is 16.3 Å². The number of anilines is 2. The van der Waals surface area contributed by atoms with Crippen molar-refractivity contribution in [2.75, 3.05) is 25.3 Å². The highest BCUT2D eigenvalue weighted by molar-refractivity contribution is 7.99. The minimum atomic E-state index is -0.800. The normalized spacial score (nSPS) is 16.4. The Balaban J connectivity index is 1.31. The van der Waals surface area contributed by atoms with E-state index in [4.69, 9.17) is 19.2 Å². The van der Waals surface area contributed by atoms with Gasteiger partial charge in [0.2, 0.25) is 6.79 Å². The predicted octanol–water partition coefficient (Wildman–Crippen LogP) is 5.90. The van der Waals surface area contributed by atoms with Crippen LogP contribution in [0.25, 0.3) is 11.8 Å². The highest BCUT2D eigenvalue weighted by Gasteiger charge is 2.36. The fourth-order valence-electron chi connectivity index (χ4n) is 6.04. The van der Waals surface area contributed by atoms with E-state index in [0.717, 1.165) is 27.4 Å². The zero-order valence-electron chi connectivity index (χ0n) is 24.9. The van der Waals surface area contributed by atoms with E-state index in [1.165, 1.54) is 16.2 Å². The van der Waals surface area contributed by atoms with Gasteiger partial charge in [0.05, 0.1) is 39.8 Å². The lowest BCUT2D eigenvalue weighted by Gasteiger charge is -2.29. The molecule has 1 atom stereocenters. The van der Waals surface area contributed by atoms with Gasteiger partial charge in [-0.25, -0.2) is 9.79 Å². The number of aromatic nitrogens is 1. The van der Waals surface area contributed by atoms with Crippen molar-refractivity contribution in [3.8, 4) is 11.5 Å². The number of hydrogen-bond donors (Lipinski definition) is 0. The second-order valence-electron chi connectivity index (χ2n) is 10.9. The first kappa shape index (κ1) is 28.4. The van der Waals surface area contributed by atoms with Crippen LogP contribution in [0.15, 0.2) is 116 Å². The van der Waals surface area contributed by atoms with E-state index in [0.29, 0.717) is 32.1 Å². The van der Waals surface area contributed by atoms with Crippen LogP contribution in [0.2, 0.25) is 0 Å². The topological polar surface area (TPSA) is 82.4 Å². The van der Waals surface area contributed by atoms with Crippen LogP contribution in [0, 0.1) is 0 Å². The van der Waals surface area contributed by atoms with Gasteiger partial charge in [-0.1, -0.05) is 77.7 Å². The van der Waals surface area contributed by atoms with Crippen LogP contribution in [0.5, 0.6) is 11.5 Å². The highest BCUT2D eigenvalue weighted by Crippen LogP contribution is 2.47. The van der Waals surface area contributed by atoms with Gasteiger partial charge in [-0.05, 0) is 60.5 Å². The summed E-state index contributed by atoms with van der Waals surface area (Å²) in [5.41, 5.74) is 5.14. The molecule has 0 bridgehead atoms. The molecule has 4 aromatic carbocycles. The number of carbonyl (C=O) groups excluding carboxylic acids is 1. The molecule has 0 unspecified atom stereocenters. The number of carbonyl (C=O) groups is 1. The molecule has 3 aliphatic heterocycles. The summed E-state index contributed by atoms with van der Waals surface area (Å²) >= 11 is 3.02. The zero-order chi connectivity index (χ0) is 31.4. The van der Waals surface area contributed by atoms with Gasteiger partial charge >= 0.3 is 5.97 Å². The summed E-state index contributed by atoms with van der Waals surface area (Å²) in [5, 5.41) is 0. The Hall–Kier alpha value is -5.06. The maximum atomic E-state index is 14.3. The number of para-hydroxylation sites is 1. The summed E-state index contributed by atoms with van der Waals surface area (Å²) in [5.74, 6) is 0.636. The third-order valence-corrected chi connectivity index (χ3v) is 10.3. The summed E-state index contributed by atoms with van der Waals surface area (Å²) in [4.78, 5) is 38.0. The lowest BCUT2D eigenvalue weighted by atomic mass is 9.93. The molecular weight excluding hydrogens is 619 g/mol. The molecule has 0 N–H and O–H groups in total. The second kappa shape index (κ2) is 11.4. The molecule has 0 spiro atoms. The van der Waals surface area contributed by atoms with Crippen molar-refractivity contribution in [3.63, 3.8) is 0 Å². The Kier molecular flexibility index (Phi) is 7.03. The van der Waals surface area contributed by atoms with Crippen LogP contribution in [0.3, 0.4) is 0 Å². The third kappa shape index (κ3) is 4.72. The molecule has 0 saturated carbocycles. The van der Waals surface area contributed by atoms with Crippen molar-refractivity contribution < 1.29 is 19.0 Å². The van der Waals surface area contributed by atoms with Crippen LogP contribution < -0.4 is 29.3 Å². The van der Waals surface area contributed by atoms with Gasteiger partial charge in [0.1, 0.15) is 0 Å². The Bertz CT molecular complexity index is 2260. The number of hydrogen-bond acceptors (Lipinski definition) is 9. The van der Waals surface area contributed by atoms with Crippen molar-refractivity contribution in [1.82, 2.24) is 4.57 Å². The predicted molar refractivity (Wildman–Crippen MR) is 179 cm³/mol. The van der Waals surface area contributed by atoms with Crippen LogP contribution in [-0.2, 0) is 9.53 Å². The number of nitrogens with zero attached hydrogens (tertiary/aromatic N) is 3. The molecule has 8 rings (SSSR count). The molecule has 3 aliphatic rings. The average molecular weight is 646 g/mol. The summed E-state index contributed by atoms with van der Waals surface area (Å²) < 4.78 is 18.9. The first-order chi connectivity index (χ1) is 22.5. The summed E-state index contributed by atoms with van der Waals surface area (Å²) in [6.45, 7) is 2.05. The first-order valence-corrected chi connectivity index (χ1v) is 16.5. The molecule has 0 aliphatic carbocycles. The Morgan fingerprint density at radius 3 is 2.59 bits per heavy atom. The minimum Gasteiger partial charge on any atom is -0.463 e. The number of thiazole rings is 1. The second-order valence-corrected chi connectivity index (χ2v) is 13.0. The number of fused-ring (bicyclic) bond motifs is 4. The molecule has 0 saturated heterocycles. The molecule has 8 nitrogen and oxygen atoms in total. The van der Waals surface area contributed by atoms with E-state index in [1.807, 2.05) is 66.7 Å². The minimum absolute atomic E-state index is 0.109. The van der Waals surface area contributed by atoms with Crippen molar-refractivity contribution in [2.24, 2.45) is 4.99 Å². The molecule has 0 radical (unpaired) electrons. The fourth-order valence-corrected chi connectivity index (χ4v) is 8.24. The van der Waals surface area contributed by atoms with Crippen LogP contribution in [-0.4, -0.2) is 31.0 Å². The van der Waals surface area contributed by atoms with E-state index in [-0.39, 0.29) is 24.5 Å². The van der Waals surface area contributed by atoms with Crippen LogP contribution in [0.1, 0.15) is 29.7 Å². The molecule has 0 fully saturated rings. The van der Waals surface area contributed by atoms with Gasteiger partial charge < -0.3 is 19.1 Å².